The minimum absolute atomic E-state index is 0.0587. The van der Waals surface area contributed by atoms with Gasteiger partial charge in [-0.15, -0.1) is 0 Å². The van der Waals surface area contributed by atoms with E-state index in [1.54, 1.807) is 25.1 Å². The summed E-state index contributed by atoms with van der Waals surface area (Å²) < 4.78 is 23.2. The number of anilines is 1. The van der Waals surface area contributed by atoms with Gasteiger partial charge < -0.3 is 28.8 Å². The number of carbonyl (C=O) groups excluding carboxylic acids is 1. The number of nitrogen functional groups attached to an aromatic ring is 1. The highest BCUT2D eigenvalue weighted by Gasteiger charge is 2.12. The predicted octanol–water partition coefficient (Wildman–Crippen LogP) is 12.0. The normalized spacial score (nSPS) is 10.5. The summed E-state index contributed by atoms with van der Waals surface area (Å²) in [5.41, 5.74) is 15.2. The number of aryl methyl sites for hydroxylation is 2. The molecule has 3 N–H and O–H groups in total. The number of fused-ring (bicyclic) bond motifs is 3. The predicted molar refractivity (Wildman–Crippen MR) is 231 cm³/mol. The van der Waals surface area contributed by atoms with Gasteiger partial charge in [0.1, 0.15) is 28.7 Å². The molecule has 10 nitrogen and oxygen atoms in total. The third kappa shape index (κ3) is 11.2. The van der Waals surface area contributed by atoms with Crippen LogP contribution in [0.15, 0.2) is 156 Å². The van der Waals surface area contributed by atoms with Crippen molar-refractivity contribution >= 4 is 76.8 Å². The number of oxazole rings is 3. The van der Waals surface area contributed by atoms with Crippen LogP contribution >= 0.6 is 31.9 Å². The molecule has 9 rings (SSSR count). The number of nitrogens with zero attached hydrogens (tertiary/aromatic N) is 3. The lowest BCUT2D eigenvalue weighted by atomic mass is 10.1. The minimum Gasteiger partial charge on any atom is -0.506 e. The number of halogens is 2. The zero-order valence-corrected chi connectivity index (χ0v) is 34.5. The lowest BCUT2D eigenvalue weighted by molar-refractivity contribution is -0.142. The SMILES string of the molecule is CCOC(=O)Cc1nc2ccc(-c3ccccc3)cc2o1.Cc1nc2ccc(-c3ccccc3)cc2o1.Cc1nc2ccc(Br)cc2o1.Nc1ccc(Br)cc1O. The standard InChI is InChI=1S/C17H15NO3.C14H11NO.C8H6BrNO.C6H6BrNO/c1-2-20-17(19)11-16-18-14-9-8-13(10-15(14)21-16)12-6-4-3-5-7-12;1-10-15-13-8-7-12(9-14(13)16-10)11-5-3-2-4-6-11;1-5-10-7-3-2-6(9)4-8(7)11-5;7-4-1-2-5(8)6(9)3-4/h3-10H,2,11H2,1H3;2-9H,1H3;2-4H,1H3;1-3,9H,8H2. The van der Waals surface area contributed by atoms with E-state index in [0.29, 0.717) is 35.5 Å². The van der Waals surface area contributed by atoms with E-state index in [0.717, 1.165) is 53.4 Å². The molecule has 6 aromatic carbocycles. The van der Waals surface area contributed by atoms with E-state index in [1.807, 2.05) is 111 Å². The van der Waals surface area contributed by atoms with Gasteiger partial charge in [0.25, 0.3) is 0 Å². The molecule has 9 aromatic rings. The van der Waals surface area contributed by atoms with Gasteiger partial charge in [-0.25, -0.2) is 15.0 Å². The van der Waals surface area contributed by atoms with Crippen LogP contribution in [0.3, 0.4) is 0 Å². The van der Waals surface area contributed by atoms with E-state index >= 15 is 0 Å². The Hall–Kier alpha value is -6.24. The monoisotopic (exact) mass is 888 g/mol. The number of phenols is 1. The van der Waals surface area contributed by atoms with Gasteiger partial charge in [-0.05, 0) is 89.8 Å². The van der Waals surface area contributed by atoms with Crippen LogP contribution in [-0.4, -0.2) is 32.6 Å². The van der Waals surface area contributed by atoms with Gasteiger partial charge in [0, 0.05) is 22.8 Å². The van der Waals surface area contributed by atoms with Gasteiger partial charge in [0.2, 0.25) is 5.89 Å². The first kappa shape index (κ1) is 40.4. The highest BCUT2D eigenvalue weighted by atomic mass is 79.9. The molecule has 57 heavy (non-hydrogen) atoms. The molecule has 0 bridgehead atoms. The Morgan fingerprint density at radius 3 is 1.61 bits per heavy atom. The van der Waals surface area contributed by atoms with Crippen molar-refractivity contribution in [3.63, 3.8) is 0 Å². The second-order valence-corrected chi connectivity index (χ2v) is 14.3. The van der Waals surface area contributed by atoms with Crippen LogP contribution in [0.25, 0.3) is 55.6 Å². The van der Waals surface area contributed by atoms with Crippen LogP contribution in [0.4, 0.5) is 5.69 Å². The molecule has 3 heterocycles. The summed E-state index contributed by atoms with van der Waals surface area (Å²) in [6, 6.07) is 43.0. The number of carbonyl (C=O) groups is 1. The summed E-state index contributed by atoms with van der Waals surface area (Å²) in [7, 11) is 0. The van der Waals surface area contributed by atoms with Crippen LogP contribution < -0.4 is 5.73 Å². The molecule has 0 aliphatic rings. The zero-order valence-electron chi connectivity index (χ0n) is 31.3. The number of nitrogens with two attached hydrogens (primary N) is 1. The Balaban J connectivity index is 0.000000135. The van der Waals surface area contributed by atoms with Gasteiger partial charge in [0.15, 0.2) is 28.5 Å². The third-order valence-corrected chi connectivity index (χ3v) is 9.18. The first-order valence-electron chi connectivity index (χ1n) is 17.8. The zero-order chi connectivity index (χ0) is 40.3. The second kappa shape index (κ2) is 19.1. The number of hydrogen-bond donors (Lipinski definition) is 2. The maximum atomic E-state index is 11.5. The van der Waals surface area contributed by atoms with Crippen LogP contribution in [0.5, 0.6) is 5.75 Å². The molecule has 0 amide bonds. The summed E-state index contributed by atoms with van der Waals surface area (Å²) in [6.07, 6.45) is 0.0587. The molecule has 12 heteroatoms. The molecule has 0 fully saturated rings. The number of aromatic hydroxyl groups is 1. The summed E-state index contributed by atoms with van der Waals surface area (Å²) in [6.45, 7) is 5.84. The number of hydrogen-bond acceptors (Lipinski definition) is 10. The van der Waals surface area contributed by atoms with Crippen molar-refractivity contribution < 1.29 is 27.9 Å². The highest BCUT2D eigenvalue weighted by molar-refractivity contribution is 9.10. The van der Waals surface area contributed by atoms with Crippen molar-refractivity contribution in [1.29, 1.82) is 0 Å². The third-order valence-electron chi connectivity index (χ3n) is 8.19. The van der Waals surface area contributed by atoms with Gasteiger partial charge in [-0.1, -0.05) is 105 Å². The average Bonchev–Trinajstić information content (AvgIpc) is 3.91. The smallest absolute Gasteiger partial charge is 0.315 e. The summed E-state index contributed by atoms with van der Waals surface area (Å²) in [5, 5.41) is 8.95. The number of benzene rings is 6. The molecule has 0 atom stereocenters. The van der Waals surface area contributed by atoms with E-state index in [-0.39, 0.29) is 18.1 Å². The second-order valence-electron chi connectivity index (χ2n) is 12.5. The Bertz CT molecular complexity index is 2730. The molecule has 0 spiro atoms. The average molecular weight is 891 g/mol. The van der Waals surface area contributed by atoms with E-state index in [4.69, 9.17) is 28.8 Å². The summed E-state index contributed by atoms with van der Waals surface area (Å²) >= 11 is 6.53. The highest BCUT2D eigenvalue weighted by Crippen LogP contribution is 2.27. The molecule has 3 aromatic heterocycles. The molecule has 0 saturated heterocycles. The van der Waals surface area contributed by atoms with Gasteiger partial charge in [-0.3, -0.25) is 4.79 Å². The van der Waals surface area contributed by atoms with Crippen molar-refractivity contribution in [2.45, 2.75) is 27.2 Å². The first-order valence-corrected chi connectivity index (χ1v) is 19.4. The van der Waals surface area contributed by atoms with Crippen LogP contribution in [0, 0.1) is 13.8 Å². The maximum Gasteiger partial charge on any atom is 0.315 e. The van der Waals surface area contributed by atoms with Gasteiger partial charge in [-0.2, -0.15) is 0 Å². The Kier molecular flexibility index (Phi) is 13.5. The molecule has 0 aliphatic carbocycles. The molecule has 0 saturated carbocycles. The quantitative estimate of drug-likeness (QED) is 0.0971. The van der Waals surface area contributed by atoms with E-state index < -0.39 is 0 Å². The van der Waals surface area contributed by atoms with Crippen molar-refractivity contribution in [1.82, 2.24) is 15.0 Å². The van der Waals surface area contributed by atoms with E-state index in [2.05, 4.69) is 65.0 Å². The summed E-state index contributed by atoms with van der Waals surface area (Å²) in [5.74, 6) is 1.59. The van der Waals surface area contributed by atoms with Gasteiger partial charge in [0.05, 0.1) is 12.3 Å². The largest absolute Gasteiger partial charge is 0.506 e. The van der Waals surface area contributed by atoms with Crippen molar-refractivity contribution in [3.8, 4) is 28.0 Å². The Morgan fingerprint density at radius 1 is 0.614 bits per heavy atom. The number of phenolic OH excluding ortho intramolecular Hbond substituents is 1. The lowest BCUT2D eigenvalue weighted by Gasteiger charge is -1.99. The number of rotatable bonds is 5. The van der Waals surface area contributed by atoms with E-state index in [1.165, 1.54) is 5.56 Å². The Morgan fingerprint density at radius 2 is 1.09 bits per heavy atom. The van der Waals surface area contributed by atoms with Gasteiger partial charge >= 0.3 is 5.97 Å². The molecule has 288 valence electrons. The maximum absolute atomic E-state index is 11.5. The fourth-order valence-electron chi connectivity index (χ4n) is 5.57. The van der Waals surface area contributed by atoms with E-state index in [9.17, 15) is 4.79 Å². The topological polar surface area (TPSA) is 151 Å². The number of esters is 1. The molecular weight excluding hydrogens is 852 g/mol. The first-order chi connectivity index (χ1) is 27.5. The van der Waals surface area contributed by atoms with Crippen LogP contribution in [0.1, 0.15) is 24.6 Å². The molecule has 0 aliphatic heterocycles. The fraction of sp³-hybridized carbons (Fsp3) is 0.111. The van der Waals surface area contributed by atoms with Crippen LogP contribution in [0.2, 0.25) is 0 Å². The number of ether oxygens (including phenoxy) is 1. The minimum atomic E-state index is -0.327. The van der Waals surface area contributed by atoms with Crippen LogP contribution in [-0.2, 0) is 16.0 Å². The molecule has 0 radical (unpaired) electrons. The van der Waals surface area contributed by atoms with Crippen molar-refractivity contribution in [2.75, 3.05) is 12.3 Å². The fourth-order valence-corrected chi connectivity index (χ4v) is 6.26. The van der Waals surface area contributed by atoms with Crippen molar-refractivity contribution in [2.24, 2.45) is 0 Å². The summed E-state index contributed by atoms with van der Waals surface area (Å²) in [4.78, 5) is 24.2. The lowest BCUT2D eigenvalue weighted by Crippen LogP contribution is -2.07. The molecular formula is C45H38Br2N4O6. The van der Waals surface area contributed by atoms with Crippen molar-refractivity contribution in [3.05, 3.63) is 160 Å². The number of aromatic nitrogens is 3. The molecule has 0 unspecified atom stereocenters. The Labute approximate surface area is 345 Å².